The zero-order valence-corrected chi connectivity index (χ0v) is 19.7. The summed E-state index contributed by atoms with van der Waals surface area (Å²) in [5, 5.41) is 2.76. The van der Waals surface area contributed by atoms with Crippen LogP contribution in [0.25, 0.3) is 0 Å². The summed E-state index contributed by atoms with van der Waals surface area (Å²) in [7, 11) is 0. The first-order valence-corrected chi connectivity index (χ1v) is 12.3. The maximum atomic E-state index is 13.6. The lowest BCUT2D eigenvalue weighted by molar-refractivity contribution is -0.134. The Hall–Kier alpha value is -2.63. The van der Waals surface area contributed by atoms with Crippen LogP contribution in [0.15, 0.2) is 66.0 Å². The van der Waals surface area contributed by atoms with E-state index in [1.54, 1.807) is 28.4 Å². The molecule has 0 bridgehead atoms. The molecule has 0 radical (unpaired) electrons. The third-order valence-corrected chi connectivity index (χ3v) is 7.14. The Labute approximate surface area is 198 Å². The van der Waals surface area contributed by atoms with Crippen molar-refractivity contribution in [1.82, 2.24) is 9.80 Å². The number of amides is 2. The van der Waals surface area contributed by atoms with Crippen LogP contribution in [0, 0.1) is 0 Å². The SMILES string of the molecule is CCCCN(CC(=O)N1CCc2sccc2C1c1ccc(Cl)cc1)C(=O)c1ccccc1. The lowest BCUT2D eigenvalue weighted by atomic mass is 9.93. The Morgan fingerprint density at radius 1 is 1.09 bits per heavy atom. The summed E-state index contributed by atoms with van der Waals surface area (Å²) in [6, 6.07) is 18.9. The molecule has 1 aliphatic rings. The zero-order valence-electron chi connectivity index (χ0n) is 18.2. The number of hydrogen-bond acceptors (Lipinski definition) is 3. The minimum absolute atomic E-state index is 0.0258. The summed E-state index contributed by atoms with van der Waals surface area (Å²) >= 11 is 7.86. The van der Waals surface area contributed by atoms with Gasteiger partial charge in [0.2, 0.25) is 5.91 Å². The molecule has 6 heteroatoms. The summed E-state index contributed by atoms with van der Waals surface area (Å²) in [4.78, 5) is 31.7. The van der Waals surface area contributed by atoms with Crippen LogP contribution in [0.4, 0.5) is 0 Å². The molecule has 0 N–H and O–H groups in total. The van der Waals surface area contributed by atoms with Crippen molar-refractivity contribution in [3.63, 3.8) is 0 Å². The van der Waals surface area contributed by atoms with Gasteiger partial charge in [-0.2, -0.15) is 0 Å². The zero-order chi connectivity index (χ0) is 22.5. The van der Waals surface area contributed by atoms with E-state index in [0.29, 0.717) is 23.7 Å². The number of nitrogens with zero attached hydrogens (tertiary/aromatic N) is 2. The molecule has 0 aliphatic carbocycles. The van der Waals surface area contributed by atoms with Crippen molar-refractivity contribution < 1.29 is 9.59 Å². The topological polar surface area (TPSA) is 40.6 Å². The first-order chi connectivity index (χ1) is 15.6. The number of hydrogen-bond donors (Lipinski definition) is 0. The first-order valence-electron chi connectivity index (χ1n) is 11.0. The second-order valence-corrected chi connectivity index (χ2v) is 9.47. The van der Waals surface area contributed by atoms with Crippen LogP contribution in [0.2, 0.25) is 5.02 Å². The minimum atomic E-state index is -0.158. The number of halogens is 1. The van der Waals surface area contributed by atoms with Gasteiger partial charge < -0.3 is 9.80 Å². The Balaban J connectivity index is 1.60. The highest BCUT2D eigenvalue weighted by molar-refractivity contribution is 7.10. The van der Waals surface area contributed by atoms with Gasteiger partial charge in [0.15, 0.2) is 0 Å². The Kier molecular flexibility index (Phi) is 7.28. The summed E-state index contributed by atoms with van der Waals surface area (Å²) in [5.74, 6) is -0.120. The van der Waals surface area contributed by atoms with Crippen molar-refractivity contribution in [2.75, 3.05) is 19.6 Å². The number of carbonyl (C=O) groups is 2. The first kappa shape index (κ1) is 22.6. The highest BCUT2D eigenvalue weighted by atomic mass is 35.5. The molecular weight excluding hydrogens is 440 g/mol. The maximum Gasteiger partial charge on any atom is 0.254 e. The molecule has 0 saturated carbocycles. The van der Waals surface area contributed by atoms with E-state index in [1.165, 1.54) is 10.4 Å². The van der Waals surface area contributed by atoms with E-state index < -0.39 is 0 Å². The fraction of sp³-hybridized carbons (Fsp3) is 0.308. The maximum absolute atomic E-state index is 13.6. The Morgan fingerprint density at radius 3 is 2.56 bits per heavy atom. The molecule has 4 nitrogen and oxygen atoms in total. The second kappa shape index (κ2) is 10.3. The third-order valence-electron chi connectivity index (χ3n) is 5.89. The number of thiophene rings is 1. The van der Waals surface area contributed by atoms with Crippen molar-refractivity contribution in [1.29, 1.82) is 0 Å². The van der Waals surface area contributed by atoms with E-state index in [-0.39, 0.29) is 24.4 Å². The van der Waals surface area contributed by atoms with Gasteiger partial charge in [-0.25, -0.2) is 0 Å². The van der Waals surface area contributed by atoms with Gasteiger partial charge in [0.1, 0.15) is 6.54 Å². The summed E-state index contributed by atoms with van der Waals surface area (Å²) < 4.78 is 0. The monoisotopic (exact) mass is 466 g/mol. The van der Waals surface area contributed by atoms with Gasteiger partial charge in [-0.05, 0) is 59.7 Å². The molecule has 2 heterocycles. The van der Waals surface area contributed by atoms with Crippen LogP contribution >= 0.6 is 22.9 Å². The van der Waals surface area contributed by atoms with Crippen LogP contribution in [0.5, 0.6) is 0 Å². The van der Waals surface area contributed by atoms with E-state index in [1.807, 2.05) is 47.4 Å². The Morgan fingerprint density at radius 2 is 1.84 bits per heavy atom. The molecule has 1 aromatic heterocycles. The lowest BCUT2D eigenvalue weighted by Gasteiger charge is -2.37. The average molecular weight is 467 g/mol. The van der Waals surface area contributed by atoms with Gasteiger partial charge in [-0.1, -0.05) is 55.3 Å². The van der Waals surface area contributed by atoms with Crippen molar-refractivity contribution in [3.05, 3.63) is 92.6 Å². The molecule has 32 heavy (non-hydrogen) atoms. The fourth-order valence-corrected chi connectivity index (χ4v) is 5.24. The molecule has 3 aromatic rings. The highest BCUT2D eigenvalue weighted by Gasteiger charge is 2.34. The van der Waals surface area contributed by atoms with Crippen LogP contribution in [-0.2, 0) is 11.2 Å². The minimum Gasteiger partial charge on any atom is -0.330 e. The summed E-state index contributed by atoms with van der Waals surface area (Å²) in [6.45, 7) is 3.38. The standard InChI is InChI=1S/C26H27ClN2O2S/c1-2-3-15-28(26(31)20-7-5-4-6-8-20)18-24(30)29-16-13-23-22(14-17-32-23)25(29)19-9-11-21(27)12-10-19/h4-12,14,17,25H,2-3,13,15-16,18H2,1H3. The molecule has 0 saturated heterocycles. The smallest absolute Gasteiger partial charge is 0.254 e. The van der Waals surface area contributed by atoms with E-state index in [9.17, 15) is 9.59 Å². The molecule has 166 valence electrons. The van der Waals surface area contributed by atoms with Crippen molar-refractivity contribution in [2.45, 2.75) is 32.2 Å². The van der Waals surface area contributed by atoms with E-state index >= 15 is 0 Å². The molecule has 1 unspecified atom stereocenters. The van der Waals surface area contributed by atoms with Crippen LogP contribution in [0.1, 0.15) is 52.2 Å². The molecular formula is C26H27ClN2O2S. The Bertz CT molecular complexity index is 1060. The van der Waals surface area contributed by atoms with Gasteiger partial charge in [0.05, 0.1) is 6.04 Å². The molecule has 4 rings (SSSR count). The molecule has 1 atom stereocenters. The highest BCUT2D eigenvalue weighted by Crippen LogP contribution is 2.38. The molecule has 0 spiro atoms. The van der Waals surface area contributed by atoms with Gasteiger partial charge in [-0.15, -0.1) is 11.3 Å². The summed E-state index contributed by atoms with van der Waals surface area (Å²) in [6.07, 6.45) is 2.66. The van der Waals surface area contributed by atoms with Crippen molar-refractivity contribution >= 4 is 34.8 Å². The molecule has 2 aromatic carbocycles. The fourth-order valence-electron chi connectivity index (χ4n) is 4.21. The van der Waals surface area contributed by atoms with Gasteiger partial charge in [0.25, 0.3) is 5.91 Å². The van der Waals surface area contributed by atoms with Crippen LogP contribution in [-0.4, -0.2) is 41.2 Å². The number of unbranched alkanes of at least 4 members (excludes halogenated alkanes) is 1. The van der Waals surface area contributed by atoms with Crippen molar-refractivity contribution in [3.8, 4) is 0 Å². The summed E-state index contributed by atoms with van der Waals surface area (Å²) in [5.41, 5.74) is 2.83. The van der Waals surface area contributed by atoms with Crippen LogP contribution in [0.3, 0.4) is 0 Å². The van der Waals surface area contributed by atoms with Crippen molar-refractivity contribution in [2.24, 2.45) is 0 Å². The average Bonchev–Trinajstić information content (AvgIpc) is 3.30. The van der Waals surface area contributed by atoms with Crippen LogP contribution < -0.4 is 0 Å². The van der Waals surface area contributed by atoms with Gasteiger partial charge in [0, 0.05) is 28.6 Å². The number of rotatable bonds is 7. The van der Waals surface area contributed by atoms with E-state index in [0.717, 1.165) is 24.8 Å². The quantitative estimate of drug-likeness (QED) is 0.440. The number of carbonyl (C=O) groups excluding carboxylic acids is 2. The largest absolute Gasteiger partial charge is 0.330 e. The number of fused-ring (bicyclic) bond motifs is 1. The molecule has 2 amide bonds. The van der Waals surface area contributed by atoms with Gasteiger partial charge >= 0.3 is 0 Å². The lowest BCUT2D eigenvalue weighted by Crippen LogP contribution is -2.47. The van der Waals surface area contributed by atoms with E-state index in [4.69, 9.17) is 11.6 Å². The van der Waals surface area contributed by atoms with Gasteiger partial charge in [-0.3, -0.25) is 9.59 Å². The predicted molar refractivity (Wildman–Crippen MR) is 130 cm³/mol. The molecule has 1 aliphatic heterocycles. The second-order valence-electron chi connectivity index (χ2n) is 8.04. The number of benzene rings is 2. The van der Waals surface area contributed by atoms with E-state index in [2.05, 4.69) is 18.4 Å². The normalized spacial score (nSPS) is 15.3. The predicted octanol–water partition coefficient (Wildman–Crippen LogP) is 5.82. The molecule has 0 fully saturated rings. The third kappa shape index (κ3) is 4.89.